The highest BCUT2D eigenvalue weighted by molar-refractivity contribution is 5.70. The lowest BCUT2D eigenvalue weighted by Crippen LogP contribution is -1.99. The molecule has 2 aromatic heterocycles. The molecule has 2 aromatic rings. The Kier molecular flexibility index (Phi) is 2.06. The van der Waals surface area contributed by atoms with Crippen molar-refractivity contribution in [3.05, 3.63) is 30.3 Å². The maximum atomic E-state index is 10.4. The lowest BCUT2D eigenvalue weighted by molar-refractivity contribution is -0.136. The predicted octanol–water partition coefficient (Wildman–Crippen LogP) is 1.30. The number of aromatic amines is 1. The lowest BCUT2D eigenvalue weighted by Gasteiger charge is -1.91. The van der Waals surface area contributed by atoms with E-state index in [1.54, 1.807) is 12.1 Å². The molecule has 0 atom stereocenters. The number of oxazole rings is 1. The van der Waals surface area contributed by atoms with Gasteiger partial charge in [0.25, 0.3) is 0 Å². The smallest absolute Gasteiger partial charge is 0.309 e. The maximum absolute atomic E-state index is 10.4. The van der Waals surface area contributed by atoms with Gasteiger partial charge in [0.15, 0.2) is 0 Å². The van der Waals surface area contributed by atoms with Crippen LogP contribution in [0.3, 0.4) is 0 Å². The molecule has 0 unspecified atom stereocenters. The molecule has 0 aliphatic carbocycles. The third kappa shape index (κ3) is 1.66. The normalized spacial score (nSPS) is 10.3. The van der Waals surface area contributed by atoms with Crippen molar-refractivity contribution in [3.63, 3.8) is 0 Å². The van der Waals surface area contributed by atoms with Crippen molar-refractivity contribution in [3.8, 4) is 11.6 Å². The zero-order chi connectivity index (χ0) is 9.97. The van der Waals surface area contributed by atoms with Gasteiger partial charge in [0.05, 0.1) is 12.6 Å². The van der Waals surface area contributed by atoms with Gasteiger partial charge in [-0.3, -0.25) is 4.79 Å². The Labute approximate surface area is 79.4 Å². The molecule has 5 nitrogen and oxygen atoms in total. The summed E-state index contributed by atoms with van der Waals surface area (Å²) in [5, 5.41) is 8.55. The number of H-pyrrole nitrogens is 1. The van der Waals surface area contributed by atoms with E-state index in [1.165, 1.54) is 12.5 Å². The number of hydrogen-bond donors (Lipinski definition) is 2. The number of nitrogens with zero attached hydrogens (tertiary/aromatic N) is 1. The van der Waals surface area contributed by atoms with Crippen LogP contribution in [0.1, 0.15) is 5.69 Å². The van der Waals surface area contributed by atoms with E-state index >= 15 is 0 Å². The number of carboxylic acids is 1. The fourth-order valence-corrected chi connectivity index (χ4v) is 1.19. The molecule has 5 heteroatoms. The number of nitrogens with one attached hydrogen (secondary N) is 1. The average molecular weight is 192 g/mol. The average Bonchev–Trinajstić information content (AvgIpc) is 2.69. The molecular formula is C9H8N2O3. The molecule has 0 aliphatic rings. The summed E-state index contributed by atoms with van der Waals surface area (Å²) in [4.78, 5) is 17.2. The Morgan fingerprint density at radius 2 is 2.43 bits per heavy atom. The van der Waals surface area contributed by atoms with Gasteiger partial charge in [0.2, 0.25) is 5.89 Å². The third-order valence-electron chi connectivity index (χ3n) is 1.75. The van der Waals surface area contributed by atoms with Crippen LogP contribution in [0.5, 0.6) is 0 Å². The Bertz CT molecular complexity index is 431. The zero-order valence-electron chi connectivity index (χ0n) is 7.23. The van der Waals surface area contributed by atoms with E-state index in [1.807, 2.05) is 0 Å². The Morgan fingerprint density at radius 3 is 3.07 bits per heavy atom. The number of carbonyl (C=O) groups is 1. The monoisotopic (exact) mass is 192 g/mol. The summed E-state index contributed by atoms with van der Waals surface area (Å²) in [6.45, 7) is 0. The van der Waals surface area contributed by atoms with Gasteiger partial charge in [-0.1, -0.05) is 0 Å². The first-order valence-corrected chi connectivity index (χ1v) is 4.05. The molecule has 0 saturated carbocycles. The number of hydrogen-bond acceptors (Lipinski definition) is 3. The summed E-state index contributed by atoms with van der Waals surface area (Å²) in [6, 6.07) is 3.44. The largest absolute Gasteiger partial charge is 0.481 e. The van der Waals surface area contributed by atoms with Crippen LogP contribution in [0.15, 0.2) is 29.0 Å². The molecule has 0 bridgehead atoms. The Balaban J connectivity index is 2.22. The molecule has 0 saturated heterocycles. The second kappa shape index (κ2) is 3.37. The van der Waals surface area contributed by atoms with Crippen LogP contribution in [0.4, 0.5) is 0 Å². The molecule has 0 amide bonds. The van der Waals surface area contributed by atoms with Gasteiger partial charge in [-0.25, -0.2) is 4.98 Å². The van der Waals surface area contributed by atoms with Crippen LogP contribution in [0.25, 0.3) is 11.6 Å². The molecule has 2 N–H and O–H groups in total. The van der Waals surface area contributed by atoms with Crippen LogP contribution in [0, 0.1) is 0 Å². The summed E-state index contributed by atoms with van der Waals surface area (Å²) >= 11 is 0. The standard InChI is InChI=1S/C9H8N2O3/c12-8(13)5-6-1-2-7(11-6)9-10-3-4-14-9/h1-4,11H,5H2,(H,12,13). The third-order valence-corrected chi connectivity index (χ3v) is 1.75. The summed E-state index contributed by atoms with van der Waals surface area (Å²) in [7, 11) is 0. The first-order valence-electron chi connectivity index (χ1n) is 4.05. The van der Waals surface area contributed by atoms with E-state index in [0.29, 0.717) is 17.3 Å². The molecule has 14 heavy (non-hydrogen) atoms. The quantitative estimate of drug-likeness (QED) is 0.768. The van der Waals surface area contributed by atoms with Crippen LogP contribution in [0.2, 0.25) is 0 Å². The Hall–Kier alpha value is -2.04. The molecule has 0 radical (unpaired) electrons. The number of carboxylic acid groups (broad SMARTS) is 1. The van der Waals surface area contributed by atoms with Crippen LogP contribution in [-0.4, -0.2) is 21.0 Å². The van der Waals surface area contributed by atoms with E-state index in [2.05, 4.69) is 9.97 Å². The fourth-order valence-electron chi connectivity index (χ4n) is 1.19. The minimum Gasteiger partial charge on any atom is -0.481 e. The van der Waals surface area contributed by atoms with E-state index in [-0.39, 0.29) is 6.42 Å². The van der Waals surface area contributed by atoms with Crippen LogP contribution >= 0.6 is 0 Å². The van der Waals surface area contributed by atoms with Gasteiger partial charge in [0, 0.05) is 5.69 Å². The second-order valence-electron chi connectivity index (χ2n) is 2.81. The summed E-state index contributed by atoms with van der Waals surface area (Å²) in [5.41, 5.74) is 1.32. The SMILES string of the molecule is O=C(O)Cc1ccc(-c2ncco2)[nH]1. The highest BCUT2D eigenvalue weighted by atomic mass is 16.4. The molecule has 0 aliphatic heterocycles. The van der Waals surface area contributed by atoms with Gasteiger partial charge in [-0.2, -0.15) is 0 Å². The van der Waals surface area contributed by atoms with Crippen LogP contribution < -0.4 is 0 Å². The van der Waals surface area contributed by atoms with E-state index in [4.69, 9.17) is 9.52 Å². The van der Waals surface area contributed by atoms with E-state index < -0.39 is 5.97 Å². The summed E-state index contributed by atoms with van der Waals surface area (Å²) in [6.07, 6.45) is 2.97. The van der Waals surface area contributed by atoms with E-state index in [9.17, 15) is 4.79 Å². The lowest BCUT2D eigenvalue weighted by atomic mass is 10.3. The minimum absolute atomic E-state index is 0.0271. The van der Waals surface area contributed by atoms with Crippen molar-refractivity contribution < 1.29 is 14.3 Å². The van der Waals surface area contributed by atoms with Crippen molar-refractivity contribution in [2.24, 2.45) is 0 Å². The second-order valence-corrected chi connectivity index (χ2v) is 2.81. The fraction of sp³-hybridized carbons (Fsp3) is 0.111. The highest BCUT2D eigenvalue weighted by Gasteiger charge is 2.07. The first kappa shape index (κ1) is 8.55. The van der Waals surface area contributed by atoms with Crippen molar-refractivity contribution in [1.29, 1.82) is 0 Å². The molecule has 0 aromatic carbocycles. The predicted molar refractivity (Wildman–Crippen MR) is 47.6 cm³/mol. The number of rotatable bonds is 3. The van der Waals surface area contributed by atoms with Gasteiger partial charge in [-0.05, 0) is 12.1 Å². The molecule has 72 valence electrons. The van der Waals surface area contributed by atoms with Gasteiger partial charge >= 0.3 is 5.97 Å². The van der Waals surface area contributed by atoms with Crippen molar-refractivity contribution in [2.75, 3.05) is 0 Å². The van der Waals surface area contributed by atoms with Crippen LogP contribution in [-0.2, 0) is 11.2 Å². The highest BCUT2D eigenvalue weighted by Crippen LogP contribution is 2.15. The minimum atomic E-state index is -0.870. The van der Waals surface area contributed by atoms with Gasteiger partial charge < -0.3 is 14.5 Å². The van der Waals surface area contributed by atoms with Gasteiger partial charge in [0.1, 0.15) is 12.0 Å². The number of aliphatic carboxylic acids is 1. The first-order chi connectivity index (χ1) is 6.75. The topological polar surface area (TPSA) is 79.1 Å². The van der Waals surface area contributed by atoms with Crippen molar-refractivity contribution >= 4 is 5.97 Å². The Morgan fingerprint density at radius 1 is 1.57 bits per heavy atom. The maximum Gasteiger partial charge on any atom is 0.309 e. The molecule has 0 fully saturated rings. The molecule has 0 spiro atoms. The van der Waals surface area contributed by atoms with Crippen molar-refractivity contribution in [2.45, 2.75) is 6.42 Å². The zero-order valence-corrected chi connectivity index (χ0v) is 7.23. The molecule has 2 heterocycles. The van der Waals surface area contributed by atoms with Gasteiger partial charge in [-0.15, -0.1) is 0 Å². The summed E-state index contributed by atoms with van der Waals surface area (Å²) < 4.78 is 5.05. The van der Waals surface area contributed by atoms with Crippen molar-refractivity contribution in [1.82, 2.24) is 9.97 Å². The molecular weight excluding hydrogens is 184 g/mol. The number of aromatic nitrogens is 2. The summed E-state index contributed by atoms with van der Waals surface area (Å²) in [5.74, 6) is -0.410. The van der Waals surface area contributed by atoms with E-state index in [0.717, 1.165) is 0 Å². The molecule has 2 rings (SSSR count).